The summed E-state index contributed by atoms with van der Waals surface area (Å²) in [5.74, 6) is 1.06. The Morgan fingerprint density at radius 2 is 2.05 bits per heavy atom. The molecule has 1 saturated carbocycles. The molecule has 0 bridgehead atoms. The monoisotopic (exact) mass is 276 g/mol. The van der Waals surface area contributed by atoms with Crippen LogP contribution in [0.25, 0.3) is 0 Å². The highest BCUT2D eigenvalue weighted by molar-refractivity contribution is 5.90. The van der Waals surface area contributed by atoms with Crippen LogP contribution in [0.4, 0.5) is 5.69 Å². The molecule has 1 amide bonds. The molecule has 1 aliphatic rings. The van der Waals surface area contributed by atoms with Crippen molar-refractivity contribution in [2.45, 2.75) is 45.1 Å². The van der Waals surface area contributed by atoms with Crippen molar-refractivity contribution in [3.05, 3.63) is 24.3 Å². The second-order valence-corrected chi connectivity index (χ2v) is 5.47. The van der Waals surface area contributed by atoms with Crippen molar-refractivity contribution in [1.82, 2.24) is 0 Å². The smallest absolute Gasteiger partial charge is 0.221 e. The fourth-order valence-electron chi connectivity index (χ4n) is 2.80. The van der Waals surface area contributed by atoms with Crippen molar-refractivity contribution >= 4 is 11.6 Å². The van der Waals surface area contributed by atoms with Gasteiger partial charge in [0.2, 0.25) is 5.91 Å². The zero-order chi connectivity index (χ0) is 14.4. The van der Waals surface area contributed by atoms with Crippen molar-refractivity contribution in [3.63, 3.8) is 0 Å². The van der Waals surface area contributed by atoms with Gasteiger partial charge in [-0.25, -0.2) is 0 Å². The molecule has 2 unspecified atom stereocenters. The SMILES string of the molecule is CC(=O)Nc1ccccc1OC1CCCCCC1CN. The van der Waals surface area contributed by atoms with E-state index in [2.05, 4.69) is 5.32 Å². The molecule has 0 aromatic heterocycles. The number of carbonyl (C=O) groups excluding carboxylic acids is 1. The van der Waals surface area contributed by atoms with Gasteiger partial charge in [-0.15, -0.1) is 0 Å². The normalized spacial score (nSPS) is 22.9. The molecule has 0 aliphatic heterocycles. The van der Waals surface area contributed by atoms with Crippen LogP contribution in [0.15, 0.2) is 24.3 Å². The molecule has 1 fully saturated rings. The van der Waals surface area contributed by atoms with Crippen molar-refractivity contribution in [2.75, 3.05) is 11.9 Å². The summed E-state index contributed by atoms with van der Waals surface area (Å²) in [6.45, 7) is 2.16. The lowest BCUT2D eigenvalue weighted by molar-refractivity contribution is -0.114. The van der Waals surface area contributed by atoms with Crippen molar-refractivity contribution in [3.8, 4) is 5.75 Å². The summed E-state index contributed by atoms with van der Waals surface area (Å²) in [5.41, 5.74) is 6.62. The zero-order valence-corrected chi connectivity index (χ0v) is 12.1. The van der Waals surface area contributed by atoms with Crippen LogP contribution >= 0.6 is 0 Å². The zero-order valence-electron chi connectivity index (χ0n) is 12.1. The number of anilines is 1. The lowest BCUT2D eigenvalue weighted by Crippen LogP contribution is -2.32. The lowest BCUT2D eigenvalue weighted by Gasteiger charge is -2.26. The van der Waals surface area contributed by atoms with Crippen LogP contribution < -0.4 is 15.8 Å². The Hall–Kier alpha value is -1.55. The third-order valence-electron chi connectivity index (χ3n) is 3.87. The highest BCUT2D eigenvalue weighted by atomic mass is 16.5. The van der Waals surface area contributed by atoms with E-state index in [1.165, 1.54) is 26.2 Å². The summed E-state index contributed by atoms with van der Waals surface area (Å²) < 4.78 is 6.18. The second kappa shape index (κ2) is 7.29. The largest absolute Gasteiger partial charge is 0.488 e. The lowest BCUT2D eigenvalue weighted by atomic mass is 9.97. The number of para-hydroxylation sites is 2. The van der Waals surface area contributed by atoms with Crippen LogP contribution in [0.1, 0.15) is 39.0 Å². The molecule has 0 saturated heterocycles. The molecule has 1 aromatic rings. The van der Waals surface area contributed by atoms with Gasteiger partial charge in [0.05, 0.1) is 5.69 Å². The van der Waals surface area contributed by atoms with Gasteiger partial charge in [-0.3, -0.25) is 4.79 Å². The first-order valence-corrected chi connectivity index (χ1v) is 7.44. The van der Waals surface area contributed by atoms with Gasteiger partial charge >= 0.3 is 0 Å². The van der Waals surface area contributed by atoms with E-state index in [1.54, 1.807) is 0 Å². The molecule has 3 N–H and O–H groups in total. The van der Waals surface area contributed by atoms with E-state index in [0.29, 0.717) is 12.5 Å². The number of nitrogens with two attached hydrogens (primary N) is 1. The minimum Gasteiger partial charge on any atom is -0.488 e. The fourth-order valence-corrected chi connectivity index (χ4v) is 2.80. The van der Waals surface area contributed by atoms with Crippen LogP contribution in [0.5, 0.6) is 5.75 Å². The van der Waals surface area contributed by atoms with E-state index in [4.69, 9.17) is 10.5 Å². The number of amides is 1. The van der Waals surface area contributed by atoms with E-state index in [1.807, 2.05) is 24.3 Å². The van der Waals surface area contributed by atoms with Gasteiger partial charge in [-0.2, -0.15) is 0 Å². The maximum atomic E-state index is 11.2. The number of hydrogen-bond acceptors (Lipinski definition) is 3. The molecular formula is C16H24N2O2. The fraction of sp³-hybridized carbons (Fsp3) is 0.562. The van der Waals surface area contributed by atoms with Crippen LogP contribution in [-0.2, 0) is 4.79 Å². The summed E-state index contributed by atoms with van der Waals surface area (Å²) in [4.78, 5) is 11.2. The van der Waals surface area contributed by atoms with Gasteiger partial charge in [0, 0.05) is 12.8 Å². The first kappa shape index (κ1) is 14.9. The Kier molecular flexibility index (Phi) is 5.41. The Balaban J connectivity index is 2.12. The number of nitrogens with one attached hydrogen (secondary N) is 1. The summed E-state index contributed by atoms with van der Waals surface area (Å²) in [6.07, 6.45) is 5.99. The Morgan fingerprint density at radius 3 is 2.80 bits per heavy atom. The topological polar surface area (TPSA) is 64.3 Å². The molecule has 2 rings (SSSR count). The Morgan fingerprint density at radius 1 is 1.30 bits per heavy atom. The number of rotatable bonds is 4. The van der Waals surface area contributed by atoms with Gasteiger partial charge in [0.25, 0.3) is 0 Å². The first-order valence-electron chi connectivity index (χ1n) is 7.44. The maximum absolute atomic E-state index is 11.2. The van der Waals surface area contributed by atoms with Crippen molar-refractivity contribution < 1.29 is 9.53 Å². The minimum absolute atomic E-state index is 0.0858. The minimum atomic E-state index is -0.0858. The quantitative estimate of drug-likeness (QED) is 0.831. The molecule has 110 valence electrons. The van der Waals surface area contributed by atoms with Gasteiger partial charge in [-0.1, -0.05) is 25.0 Å². The van der Waals surface area contributed by atoms with Crippen molar-refractivity contribution in [1.29, 1.82) is 0 Å². The van der Waals surface area contributed by atoms with Gasteiger partial charge < -0.3 is 15.8 Å². The summed E-state index contributed by atoms with van der Waals surface area (Å²) in [6, 6.07) is 7.59. The van der Waals surface area contributed by atoms with E-state index >= 15 is 0 Å². The highest BCUT2D eigenvalue weighted by Gasteiger charge is 2.24. The molecule has 1 aliphatic carbocycles. The molecule has 1 aromatic carbocycles. The number of benzene rings is 1. The third kappa shape index (κ3) is 3.97. The number of carbonyl (C=O) groups is 1. The van der Waals surface area contributed by atoms with Crippen LogP contribution in [-0.4, -0.2) is 18.6 Å². The summed E-state index contributed by atoms with van der Waals surface area (Å²) >= 11 is 0. The maximum Gasteiger partial charge on any atom is 0.221 e. The second-order valence-electron chi connectivity index (χ2n) is 5.47. The van der Waals surface area contributed by atoms with Gasteiger partial charge in [0.15, 0.2) is 0 Å². The van der Waals surface area contributed by atoms with Gasteiger partial charge in [0.1, 0.15) is 11.9 Å². The van der Waals surface area contributed by atoms with Crippen molar-refractivity contribution in [2.24, 2.45) is 11.7 Å². The average molecular weight is 276 g/mol. The highest BCUT2D eigenvalue weighted by Crippen LogP contribution is 2.31. The third-order valence-corrected chi connectivity index (χ3v) is 3.87. The number of hydrogen-bond donors (Lipinski definition) is 2. The first-order chi connectivity index (χ1) is 9.70. The predicted molar refractivity (Wildman–Crippen MR) is 80.8 cm³/mol. The van der Waals surface area contributed by atoms with E-state index in [-0.39, 0.29) is 12.0 Å². The average Bonchev–Trinajstić information content (AvgIpc) is 2.65. The molecule has 2 atom stereocenters. The van der Waals surface area contributed by atoms with E-state index < -0.39 is 0 Å². The molecule has 0 heterocycles. The molecule has 0 radical (unpaired) electrons. The van der Waals surface area contributed by atoms with Crippen LogP contribution in [0.2, 0.25) is 0 Å². The Bertz CT molecular complexity index is 448. The van der Waals surface area contributed by atoms with E-state index in [0.717, 1.165) is 24.3 Å². The molecule has 0 spiro atoms. The molecule has 4 nitrogen and oxygen atoms in total. The standard InChI is InChI=1S/C16H24N2O2/c1-12(19)18-14-8-5-6-10-16(14)20-15-9-4-2-3-7-13(15)11-17/h5-6,8,10,13,15H,2-4,7,9,11,17H2,1H3,(H,18,19). The van der Waals surface area contributed by atoms with Crippen LogP contribution in [0.3, 0.4) is 0 Å². The van der Waals surface area contributed by atoms with Crippen LogP contribution in [0, 0.1) is 5.92 Å². The number of ether oxygens (including phenoxy) is 1. The molecule has 4 heteroatoms. The van der Waals surface area contributed by atoms with Gasteiger partial charge in [-0.05, 0) is 37.9 Å². The Labute approximate surface area is 120 Å². The predicted octanol–water partition coefficient (Wildman–Crippen LogP) is 2.93. The summed E-state index contributed by atoms with van der Waals surface area (Å²) in [7, 11) is 0. The summed E-state index contributed by atoms with van der Waals surface area (Å²) in [5, 5.41) is 2.82. The van der Waals surface area contributed by atoms with E-state index in [9.17, 15) is 4.79 Å². The molecular weight excluding hydrogens is 252 g/mol. The molecule has 20 heavy (non-hydrogen) atoms.